The minimum atomic E-state index is -0.225. The van der Waals surface area contributed by atoms with Crippen LogP contribution in [-0.4, -0.2) is 24.6 Å². The van der Waals surface area contributed by atoms with E-state index in [4.69, 9.17) is 8.83 Å². The third kappa shape index (κ3) is 6.57. The molecule has 4 N–H and O–H groups in total. The highest BCUT2D eigenvalue weighted by molar-refractivity contribution is 5.74. The van der Waals surface area contributed by atoms with E-state index in [1.807, 2.05) is 12.1 Å². The van der Waals surface area contributed by atoms with Gasteiger partial charge in [-0.05, 0) is 54.4 Å². The minimum absolute atomic E-state index is 0.0309. The van der Waals surface area contributed by atoms with Crippen LogP contribution in [0.2, 0.25) is 0 Å². The summed E-state index contributed by atoms with van der Waals surface area (Å²) in [7, 11) is 0. The molecule has 2 aromatic rings. The molecule has 1 saturated carbocycles. The lowest BCUT2D eigenvalue weighted by Crippen LogP contribution is -2.52. The van der Waals surface area contributed by atoms with Crippen molar-refractivity contribution in [3.63, 3.8) is 0 Å². The molecule has 0 bridgehead atoms. The number of hydrogen-bond donors (Lipinski definition) is 4. The molecule has 3 rings (SSSR count). The van der Waals surface area contributed by atoms with E-state index in [0.717, 1.165) is 19.3 Å². The van der Waals surface area contributed by atoms with Crippen molar-refractivity contribution in [1.29, 1.82) is 0 Å². The van der Waals surface area contributed by atoms with Crippen molar-refractivity contribution < 1.29 is 18.4 Å². The van der Waals surface area contributed by atoms with E-state index in [2.05, 4.69) is 42.0 Å². The van der Waals surface area contributed by atoms with Crippen LogP contribution in [0.1, 0.15) is 51.6 Å². The first-order chi connectivity index (χ1) is 14.2. The van der Waals surface area contributed by atoms with Gasteiger partial charge in [0.2, 0.25) is 0 Å². The minimum Gasteiger partial charge on any atom is -0.467 e. The van der Waals surface area contributed by atoms with Gasteiger partial charge in [-0.2, -0.15) is 0 Å². The molecule has 1 fully saturated rings. The second kappa shape index (κ2) is 9.28. The third-order valence-corrected chi connectivity index (χ3v) is 5.46. The second-order valence-electron chi connectivity index (χ2n) is 9.28. The average molecular weight is 417 g/mol. The molecule has 8 nitrogen and oxygen atoms in total. The smallest absolute Gasteiger partial charge is 0.315 e. The van der Waals surface area contributed by atoms with Gasteiger partial charge in [0.1, 0.15) is 11.5 Å². The molecule has 0 aromatic carbocycles. The number of urea groups is 2. The van der Waals surface area contributed by atoms with Gasteiger partial charge in [0.25, 0.3) is 0 Å². The van der Waals surface area contributed by atoms with Crippen LogP contribution in [0.5, 0.6) is 0 Å². The van der Waals surface area contributed by atoms with Gasteiger partial charge >= 0.3 is 12.1 Å². The highest BCUT2D eigenvalue weighted by atomic mass is 16.3. The molecule has 8 heteroatoms. The van der Waals surface area contributed by atoms with E-state index < -0.39 is 0 Å². The van der Waals surface area contributed by atoms with Gasteiger partial charge in [0, 0.05) is 12.6 Å². The second-order valence-corrected chi connectivity index (χ2v) is 9.28. The van der Waals surface area contributed by atoms with Gasteiger partial charge < -0.3 is 30.1 Å². The summed E-state index contributed by atoms with van der Waals surface area (Å²) in [6.45, 7) is 7.81. The average Bonchev–Trinajstić information content (AvgIpc) is 3.35. The van der Waals surface area contributed by atoms with Crippen molar-refractivity contribution in [3.05, 3.63) is 48.3 Å². The summed E-state index contributed by atoms with van der Waals surface area (Å²) >= 11 is 0. The predicted molar refractivity (Wildman–Crippen MR) is 113 cm³/mol. The van der Waals surface area contributed by atoms with Crippen molar-refractivity contribution in [2.75, 3.05) is 6.54 Å². The topological polar surface area (TPSA) is 109 Å². The molecule has 2 aromatic heterocycles. The molecule has 164 valence electrons. The molecule has 0 radical (unpaired) electrons. The van der Waals surface area contributed by atoms with E-state index >= 15 is 0 Å². The van der Waals surface area contributed by atoms with Crippen LogP contribution in [0, 0.1) is 10.8 Å². The van der Waals surface area contributed by atoms with E-state index in [1.165, 1.54) is 0 Å². The molecule has 2 heterocycles. The van der Waals surface area contributed by atoms with Gasteiger partial charge in [-0.15, -0.1) is 0 Å². The SMILES string of the molecule is CC1(C)C[C@H](NC(=O)NCc2ccco2)C[C@](C)(CNC(=O)NCc2ccco2)C1. The molecule has 0 spiro atoms. The molecule has 0 aliphatic heterocycles. The summed E-state index contributed by atoms with van der Waals surface area (Å²) in [4.78, 5) is 24.5. The monoisotopic (exact) mass is 416 g/mol. The fraction of sp³-hybridized carbons (Fsp3) is 0.545. The zero-order valence-corrected chi connectivity index (χ0v) is 17.9. The van der Waals surface area contributed by atoms with Gasteiger partial charge in [-0.3, -0.25) is 0 Å². The van der Waals surface area contributed by atoms with Crippen LogP contribution in [-0.2, 0) is 13.1 Å². The number of furan rings is 2. The first kappa shape index (κ1) is 21.8. The Hall–Kier alpha value is -2.90. The number of amides is 4. The molecule has 2 atom stereocenters. The highest BCUT2D eigenvalue weighted by Gasteiger charge is 2.41. The number of nitrogens with one attached hydrogen (secondary N) is 4. The van der Waals surface area contributed by atoms with E-state index in [-0.39, 0.29) is 28.9 Å². The van der Waals surface area contributed by atoms with Crippen molar-refractivity contribution in [2.45, 2.75) is 59.2 Å². The summed E-state index contributed by atoms with van der Waals surface area (Å²) in [5.74, 6) is 1.42. The molecule has 4 amide bonds. The zero-order valence-electron chi connectivity index (χ0n) is 17.9. The molecule has 1 aliphatic rings. The summed E-state index contributed by atoms with van der Waals surface area (Å²) in [6.07, 6.45) is 5.81. The van der Waals surface area contributed by atoms with Gasteiger partial charge in [-0.25, -0.2) is 9.59 Å². The lowest BCUT2D eigenvalue weighted by Gasteiger charge is -2.46. The quantitative estimate of drug-likeness (QED) is 0.551. The number of hydrogen-bond acceptors (Lipinski definition) is 4. The Morgan fingerprint density at radius 1 is 0.933 bits per heavy atom. The molecule has 30 heavy (non-hydrogen) atoms. The lowest BCUT2D eigenvalue weighted by atomic mass is 9.62. The molecule has 1 aliphatic carbocycles. The van der Waals surface area contributed by atoms with Crippen LogP contribution in [0.3, 0.4) is 0 Å². The van der Waals surface area contributed by atoms with Gasteiger partial charge in [0.15, 0.2) is 0 Å². The van der Waals surface area contributed by atoms with E-state index in [1.54, 1.807) is 24.7 Å². The van der Waals surface area contributed by atoms with Crippen molar-refractivity contribution in [3.8, 4) is 0 Å². The van der Waals surface area contributed by atoms with Crippen LogP contribution in [0.25, 0.3) is 0 Å². The Bertz CT molecular complexity index is 816. The maximum absolute atomic E-state index is 12.3. The number of carbonyl (C=O) groups excluding carboxylic acids is 2. The van der Waals surface area contributed by atoms with Crippen molar-refractivity contribution in [1.82, 2.24) is 21.3 Å². The lowest BCUT2D eigenvalue weighted by molar-refractivity contribution is 0.0748. The fourth-order valence-corrected chi connectivity index (χ4v) is 4.62. The normalized spacial score (nSPS) is 22.8. The number of rotatable bonds is 7. The molecule has 0 saturated heterocycles. The Labute approximate surface area is 177 Å². The summed E-state index contributed by atoms with van der Waals surface area (Å²) in [5, 5.41) is 11.7. The third-order valence-electron chi connectivity index (χ3n) is 5.46. The first-order valence-corrected chi connectivity index (χ1v) is 10.3. The van der Waals surface area contributed by atoms with Crippen molar-refractivity contribution >= 4 is 12.1 Å². The standard InChI is InChI=1S/C22H32N4O4/c1-21(2)10-16(26-20(28)24-13-18-7-5-9-30-18)11-22(3,14-21)15-25-19(27)23-12-17-6-4-8-29-17/h4-9,16H,10-15H2,1-3H3,(H2,23,25,27)(H2,24,26,28)/t16-,22-/m0/s1. The van der Waals surface area contributed by atoms with Crippen LogP contribution in [0.15, 0.2) is 45.6 Å². The fourth-order valence-electron chi connectivity index (χ4n) is 4.62. The molecular weight excluding hydrogens is 384 g/mol. The molecular formula is C22H32N4O4. The van der Waals surface area contributed by atoms with Crippen LogP contribution >= 0.6 is 0 Å². The van der Waals surface area contributed by atoms with E-state index in [9.17, 15) is 9.59 Å². The Kier molecular flexibility index (Phi) is 6.74. The summed E-state index contributed by atoms with van der Waals surface area (Å²) in [6, 6.07) is 6.82. The zero-order chi connectivity index (χ0) is 21.6. The predicted octanol–water partition coefficient (Wildman–Crippen LogP) is 3.76. The Morgan fingerprint density at radius 3 is 2.10 bits per heavy atom. The van der Waals surface area contributed by atoms with Gasteiger partial charge in [0.05, 0.1) is 25.6 Å². The van der Waals surface area contributed by atoms with Crippen molar-refractivity contribution in [2.24, 2.45) is 10.8 Å². The summed E-state index contributed by atoms with van der Waals surface area (Å²) < 4.78 is 10.5. The highest BCUT2D eigenvalue weighted by Crippen LogP contribution is 2.45. The van der Waals surface area contributed by atoms with Crippen LogP contribution in [0.4, 0.5) is 9.59 Å². The van der Waals surface area contributed by atoms with Gasteiger partial charge in [-0.1, -0.05) is 20.8 Å². The maximum Gasteiger partial charge on any atom is 0.315 e. The molecule has 0 unspecified atom stereocenters. The Balaban J connectivity index is 1.48. The maximum atomic E-state index is 12.3. The summed E-state index contributed by atoms with van der Waals surface area (Å²) in [5.41, 5.74) is -0.0684. The van der Waals surface area contributed by atoms with E-state index in [0.29, 0.717) is 31.2 Å². The number of carbonyl (C=O) groups is 2. The van der Waals surface area contributed by atoms with Crippen LogP contribution < -0.4 is 21.3 Å². The first-order valence-electron chi connectivity index (χ1n) is 10.3. The Morgan fingerprint density at radius 2 is 1.53 bits per heavy atom. The largest absolute Gasteiger partial charge is 0.467 e.